The molecule has 0 spiro atoms. The van der Waals surface area contributed by atoms with Crippen molar-refractivity contribution in [2.24, 2.45) is 7.05 Å². The third-order valence-corrected chi connectivity index (χ3v) is 5.49. The Balaban J connectivity index is 1.58. The van der Waals surface area contributed by atoms with Gasteiger partial charge in [-0.05, 0) is 37.6 Å². The van der Waals surface area contributed by atoms with Crippen molar-refractivity contribution in [2.45, 2.75) is 32.9 Å². The van der Waals surface area contributed by atoms with Crippen LogP contribution in [-0.2, 0) is 24.9 Å². The molecule has 0 bridgehead atoms. The Morgan fingerprint density at radius 3 is 2.70 bits per heavy atom. The van der Waals surface area contributed by atoms with Crippen molar-refractivity contribution in [3.8, 4) is 0 Å². The average Bonchev–Trinajstić information content (AvgIpc) is 3.26. The van der Waals surface area contributed by atoms with Gasteiger partial charge in [-0.15, -0.1) is 0 Å². The molecule has 0 unspecified atom stereocenters. The standard InChI is InChI=1S/C22H26N6O2/c1-14-8-15(2)28(24-14)10-16-6-5-7-17(9-16)22(30)27-12-18-11-26(4)25-20(18)19(13-27)21(29)23-3/h5-9,11,19H,10,12-13H2,1-4H3,(H,23,29)/t19-/m1/s1. The largest absolute Gasteiger partial charge is 0.359 e. The van der Waals surface area contributed by atoms with Crippen LogP contribution in [0.3, 0.4) is 0 Å². The van der Waals surface area contributed by atoms with Crippen LogP contribution in [0.2, 0.25) is 0 Å². The van der Waals surface area contributed by atoms with Gasteiger partial charge in [0.25, 0.3) is 5.91 Å². The molecular weight excluding hydrogens is 380 g/mol. The zero-order chi connectivity index (χ0) is 21.4. The molecule has 2 amide bonds. The summed E-state index contributed by atoms with van der Waals surface area (Å²) < 4.78 is 3.63. The van der Waals surface area contributed by atoms with Crippen molar-refractivity contribution in [1.82, 2.24) is 29.8 Å². The van der Waals surface area contributed by atoms with E-state index in [1.54, 1.807) is 16.6 Å². The van der Waals surface area contributed by atoms with Crippen molar-refractivity contribution in [3.63, 3.8) is 0 Å². The molecule has 8 heteroatoms. The molecule has 0 radical (unpaired) electrons. The third-order valence-electron chi connectivity index (χ3n) is 5.49. The molecule has 1 atom stereocenters. The van der Waals surface area contributed by atoms with E-state index >= 15 is 0 Å². The molecule has 0 fully saturated rings. The molecule has 8 nitrogen and oxygen atoms in total. The molecular formula is C22H26N6O2. The fourth-order valence-corrected chi connectivity index (χ4v) is 4.08. The van der Waals surface area contributed by atoms with Crippen LogP contribution in [0.25, 0.3) is 0 Å². The fourth-order valence-electron chi connectivity index (χ4n) is 4.08. The zero-order valence-corrected chi connectivity index (χ0v) is 17.7. The highest BCUT2D eigenvalue weighted by Gasteiger charge is 2.35. The number of benzene rings is 1. The van der Waals surface area contributed by atoms with Crippen molar-refractivity contribution < 1.29 is 9.59 Å². The molecule has 0 saturated carbocycles. The number of carbonyl (C=O) groups is 2. The van der Waals surface area contributed by atoms with Crippen molar-refractivity contribution in [2.75, 3.05) is 13.6 Å². The van der Waals surface area contributed by atoms with Crippen LogP contribution in [0.1, 0.15) is 44.5 Å². The third kappa shape index (κ3) is 3.72. The number of rotatable bonds is 4. The number of amides is 2. The first-order chi connectivity index (χ1) is 14.4. The smallest absolute Gasteiger partial charge is 0.254 e. The molecule has 0 aliphatic carbocycles. The van der Waals surface area contributed by atoms with E-state index in [1.165, 1.54) is 0 Å². The van der Waals surface area contributed by atoms with Crippen LogP contribution in [0.4, 0.5) is 0 Å². The number of fused-ring (bicyclic) bond motifs is 1. The summed E-state index contributed by atoms with van der Waals surface area (Å²) in [4.78, 5) is 27.4. The number of aromatic nitrogens is 4. The van der Waals surface area contributed by atoms with E-state index in [9.17, 15) is 9.59 Å². The van der Waals surface area contributed by atoms with E-state index in [4.69, 9.17) is 0 Å². The fraction of sp³-hybridized carbons (Fsp3) is 0.364. The van der Waals surface area contributed by atoms with E-state index in [0.717, 1.165) is 28.2 Å². The van der Waals surface area contributed by atoms with Crippen LogP contribution < -0.4 is 5.32 Å². The second kappa shape index (κ2) is 7.78. The molecule has 156 valence electrons. The van der Waals surface area contributed by atoms with Gasteiger partial charge in [-0.3, -0.25) is 19.0 Å². The van der Waals surface area contributed by atoms with Gasteiger partial charge in [-0.2, -0.15) is 10.2 Å². The zero-order valence-electron chi connectivity index (χ0n) is 17.7. The summed E-state index contributed by atoms with van der Waals surface area (Å²) in [7, 11) is 3.43. The molecule has 3 aromatic rings. The lowest BCUT2D eigenvalue weighted by atomic mass is 9.95. The minimum Gasteiger partial charge on any atom is -0.359 e. The second-order valence-electron chi connectivity index (χ2n) is 7.85. The van der Waals surface area contributed by atoms with Gasteiger partial charge in [0.1, 0.15) is 0 Å². The predicted octanol–water partition coefficient (Wildman–Crippen LogP) is 1.77. The summed E-state index contributed by atoms with van der Waals surface area (Å²) in [6, 6.07) is 9.65. The predicted molar refractivity (Wildman–Crippen MR) is 112 cm³/mol. The van der Waals surface area contributed by atoms with Gasteiger partial charge < -0.3 is 10.2 Å². The summed E-state index contributed by atoms with van der Waals surface area (Å²) in [5.74, 6) is -0.693. The number of nitrogens with zero attached hydrogens (tertiary/aromatic N) is 5. The summed E-state index contributed by atoms with van der Waals surface area (Å²) in [5.41, 5.74) is 5.33. The van der Waals surface area contributed by atoms with Gasteiger partial charge in [0, 0.05) is 50.2 Å². The Morgan fingerprint density at radius 2 is 2.00 bits per heavy atom. The maximum absolute atomic E-state index is 13.3. The SMILES string of the molecule is CNC(=O)[C@@H]1CN(C(=O)c2cccc(Cn3nc(C)cc3C)c2)Cc2cn(C)nc21. The number of hydrogen-bond acceptors (Lipinski definition) is 4. The van der Waals surface area contributed by atoms with Gasteiger partial charge in [0.05, 0.1) is 23.9 Å². The maximum atomic E-state index is 13.3. The van der Waals surface area contributed by atoms with E-state index in [1.807, 2.05) is 62.1 Å². The van der Waals surface area contributed by atoms with E-state index in [2.05, 4.69) is 15.5 Å². The Labute approximate surface area is 175 Å². The molecule has 1 aliphatic heterocycles. The second-order valence-corrected chi connectivity index (χ2v) is 7.85. The summed E-state index contributed by atoms with van der Waals surface area (Å²) in [6.07, 6.45) is 1.88. The molecule has 30 heavy (non-hydrogen) atoms. The van der Waals surface area contributed by atoms with Crippen LogP contribution >= 0.6 is 0 Å². The normalized spacial score (nSPS) is 15.7. The van der Waals surface area contributed by atoms with Gasteiger partial charge in [-0.25, -0.2) is 0 Å². The summed E-state index contributed by atoms with van der Waals surface area (Å²) >= 11 is 0. The van der Waals surface area contributed by atoms with Gasteiger partial charge in [-0.1, -0.05) is 12.1 Å². The number of carbonyl (C=O) groups excluding carboxylic acids is 2. The van der Waals surface area contributed by atoms with Crippen LogP contribution in [0, 0.1) is 13.8 Å². The highest BCUT2D eigenvalue weighted by molar-refractivity contribution is 5.95. The Hall–Kier alpha value is -3.42. The topological polar surface area (TPSA) is 85.0 Å². The van der Waals surface area contributed by atoms with Crippen molar-refractivity contribution >= 4 is 11.8 Å². The average molecular weight is 406 g/mol. The molecule has 1 aliphatic rings. The number of likely N-dealkylation sites (N-methyl/N-ethyl adjacent to an activating group) is 1. The molecule has 1 aromatic carbocycles. The molecule has 1 N–H and O–H groups in total. The number of nitrogens with one attached hydrogen (secondary N) is 1. The first-order valence-electron chi connectivity index (χ1n) is 9.99. The highest BCUT2D eigenvalue weighted by atomic mass is 16.2. The lowest BCUT2D eigenvalue weighted by molar-refractivity contribution is -0.122. The van der Waals surface area contributed by atoms with Crippen molar-refractivity contribution in [1.29, 1.82) is 0 Å². The van der Waals surface area contributed by atoms with E-state index in [0.29, 0.717) is 25.2 Å². The minimum absolute atomic E-state index is 0.0892. The first kappa shape index (κ1) is 19.9. The summed E-state index contributed by atoms with van der Waals surface area (Å²) in [6.45, 7) is 5.35. The van der Waals surface area contributed by atoms with Gasteiger partial charge in [0.2, 0.25) is 5.91 Å². The van der Waals surface area contributed by atoms with E-state index < -0.39 is 5.92 Å². The lowest BCUT2D eigenvalue weighted by Crippen LogP contribution is -2.43. The molecule has 0 saturated heterocycles. The minimum atomic E-state index is -0.471. The van der Waals surface area contributed by atoms with Gasteiger partial charge in [0.15, 0.2) is 0 Å². The molecule has 4 rings (SSSR count). The quantitative estimate of drug-likeness (QED) is 0.716. The number of hydrogen-bond donors (Lipinski definition) is 1. The van der Waals surface area contributed by atoms with Crippen LogP contribution in [0.15, 0.2) is 36.5 Å². The summed E-state index contributed by atoms with van der Waals surface area (Å²) in [5, 5.41) is 11.6. The lowest BCUT2D eigenvalue weighted by Gasteiger charge is -2.31. The Kier molecular flexibility index (Phi) is 5.15. The van der Waals surface area contributed by atoms with Crippen LogP contribution in [0.5, 0.6) is 0 Å². The number of aryl methyl sites for hydroxylation is 3. The Bertz CT molecular complexity index is 1110. The monoisotopic (exact) mass is 406 g/mol. The van der Waals surface area contributed by atoms with Gasteiger partial charge >= 0.3 is 0 Å². The van der Waals surface area contributed by atoms with Crippen LogP contribution in [-0.4, -0.2) is 49.9 Å². The first-order valence-corrected chi connectivity index (χ1v) is 9.99. The highest BCUT2D eigenvalue weighted by Crippen LogP contribution is 2.28. The van der Waals surface area contributed by atoms with Crippen molar-refractivity contribution in [3.05, 3.63) is 70.3 Å². The Morgan fingerprint density at radius 1 is 1.20 bits per heavy atom. The maximum Gasteiger partial charge on any atom is 0.254 e. The molecule has 2 aromatic heterocycles. The van der Waals surface area contributed by atoms with E-state index in [-0.39, 0.29) is 11.8 Å². The molecule has 3 heterocycles.